The van der Waals surface area contributed by atoms with E-state index in [1.54, 1.807) is 6.07 Å². The van der Waals surface area contributed by atoms with Gasteiger partial charge in [-0.1, -0.05) is 0 Å². The largest absolute Gasteiger partial charge is 0.444 e. The van der Waals surface area contributed by atoms with Crippen molar-refractivity contribution in [2.24, 2.45) is 0 Å². The number of carbonyl (C=O) groups is 2. The molecule has 0 saturated heterocycles. The number of hydroxylamine groups is 1. The quantitative estimate of drug-likeness (QED) is 0.783. The third kappa shape index (κ3) is 3.72. The van der Waals surface area contributed by atoms with E-state index in [1.807, 2.05) is 0 Å². The zero-order chi connectivity index (χ0) is 11.3. The molecule has 1 heterocycles. The number of hydrogen-bond acceptors (Lipinski definition) is 4. The van der Waals surface area contributed by atoms with E-state index in [0.29, 0.717) is 4.67 Å². The first-order valence-corrected chi connectivity index (χ1v) is 4.78. The minimum absolute atomic E-state index is 0.132. The lowest BCUT2D eigenvalue weighted by Crippen LogP contribution is -2.36. The first-order valence-electron chi connectivity index (χ1n) is 3.99. The van der Waals surface area contributed by atoms with Crippen molar-refractivity contribution < 1.29 is 18.8 Å². The maximum absolute atomic E-state index is 11.3. The van der Waals surface area contributed by atoms with E-state index in [9.17, 15) is 9.59 Å². The van der Waals surface area contributed by atoms with Gasteiger partial charge in [0.1, 0.15) is 0 Å². The smallest absolute Gasteiger partial charge is 0.287 e. The second kappa shape index (κ2) is 5.52. The van der Waals surface area contributed by atoms with Crippen LogP contribution in [0.15, 0.2) is 21.2 Å². The van der Waals surface area contributed by atoms with Crippen LogP contribution in [0.2, 0.25) is 0 Å². The molecule has 0 saturated carbocycles. The van der Waals surface area contributed by atoms with Crippen LogP contribution >= 0.6 is 15.9 Å². The summed E-state index contributed by atoms with van der Waals surface area (Å²) in [5, 5.41) is 2.35. The van der Waals surface area contributed by atoms with Gasteiger partial charge in [-0.25, -0.2) is 5.48 Å². The molecule has 0 spiro atoms. The molecule has 2 amide bonds. The van der Waals surface area contributed by atoms with Gasteiger partial charge in [-0.2, -0.15) is 0 Å². The molecular weight excluding hydrogens is 268 g/mol. The minimum atomic E-state index is -0.466. The average molecular weight is 277 g/mol. The molecule has 1 aromatic rings. The predicted molar refractivity (Wildman–Crippen MR) is 53.9 cm³/mol. The maximum Gasteiger partial charge on any atom is 0.287 e. The number of hydrogen-bond donors (Lipinski definition) is 2. The van der Waals surface area contributed by atoms with Gasteiger partial charge in [-0.05, 0) is 28.1 Å². The van der Waals surface area contributed by atoms with Crippen LogP contribution in [-0.2, 0) is 9.63 Å². The van der Waals surface area contributed by atoms with Crippen LogP contribution in [0.4, 0.5) is 0 Å². The van der Waals surface area contributed by atoms with Crippen molar-refractivity contribution in [1.82, 2.24) is 10.8 Å². The molecule has 1 rings (SSSR count). The highest BCUT2D eigenvalue weighted by Gasteiger charge is 2.11. The first kappa shape index (κ1) is 11.7. The molecule has 1 aromatic heterocycles. The third-order valence-electron chi connectivity index (χ3n) is 1.42. The summed E-state index contributed by atoms with van der Waals surface area (Å²) < 4.78 is 5.43. The Bertz CT molecular complexity index is 363. The summed E-state index contributed by atoms with van der Waals surface area (Å²) in [4.78, 5) is 26.6. The van der Waals surface area contributed by atoms with Gasteiger partial charge in [0.15, 0.2) is 10.4 Å². The highest BCUT2D eigenvalue weighted by molar-refractivity contribution is 9.10. The number of carbonyl (C=O) groups excluding carboxylic acids is 2. The zero-order valence-corrected chi connectivity index (χ0v) is 9.46. The summed E-state index contributed by atoms with van der Waals surface area (Å²) in [7, 11) is 1.31. The number of furan rings is 1. The van der Waals surface area contributed by atoms with E-state index in [1.165, 1.54) is 13.2 Å². The van der Waals surface area contributed by atoms with Gasteiger partial charge in [0, 0.05) is 0 Å². The zero-order valence-electron chi connectivity index (χ0n) is 7.87. The maximum atomic E-state index is 11.3. The standard InChI is InChI=1S/C8H9BrN2O4/c1-14-11-7(12)4-10-8(13)5-2-3-6(9)15-5/h2-3H,4H2,1H3,(H,10,13)(H,11,12). The van der Waals surface area contributed by atoms with Gasteiger partial charge in [-0.3, -0.25) is 14.4 Å². The molecule has 82 valence electrons. The topological polar surface area (TPSA) is 80.6 Å². The third-order valence-corrected chi connectivity index (χ3v) is 1.85. The Morgan fingerprint density at radius 3 is 2.80 bits per heavy atom. The Kier molecular flexibility index (Phi) is 4.32. The number of nitrogens with one attached hydrogen (secondary N) is 2. The number of halogens is 1. The Morgan fingerprint density at radius 2 is 2.27 bits per heavy atom. The van der Waals surface area contributed by atoms with Crippen LogP contribution in [0.1, 0.15) is 10.6 Å². The van der Waals surface area contributed by atoms with Crippen LogP contribution in [0.3, 0.4) is 0 Å². The lowest BCUT2D eigenvalue weighted by atomic mass is 10.4. The van der Waals surface area contributed by atoms with Gasteiger partial charge >= 0.3 is 0 Å². The van der Waals surface area contributed by atoms with Crippen molar-refractivity contribution in [2.75, 3.05) is 13.7 Å². The molecule has 0 atom stereocenters. The van der Waals surface area contributed by atoms with Gasteiger partial charge in [0.25, 0.3) is 11.8 Å². The molecule has 0 aliphatic rings. The van der Waals surface area contributed by atoms with Crippen LogP contribution < -0.4 is 10.8 Å². The fraction of sp³-hybridized carbons (Fsp3) is 0.250. The van der Waals surface area contributed by atoms with E-state index < -0.39 is 11.8 Å². The van der Waals surface area contributed by atoms with Gasteiger partial charge in [-0.15, -0.1) is 0 Å². The highest BCUT2D eigenvalue weighted by atomic mass is 79.9. The predicted octanol–water partition coefficient (Wildman–Crippen LogP) is 0.450. The molecule has 0 aliphatic heterocycles. The molecule has 2 N–H and O–H groups in total. The summed E-state index contributed by atoms with van der Waals surface area (Å²) in [5.41, 5.74) is 2.06. The Morgan fingerprint density at radius 1 is 1.53 bits per heavy atom. The molecule has 7 heteroatoms. The second-order valence-electron chi connectivity index (χ2n) is 2.52. The highest BCUT2D eigenvalue weighted by Crippen LogP contribution is 2.13. The van der Waals surface area contributed by atoms with Gasteiger partial charge in [0.2, 0.25) is 0 Å². The number of rotatable bonds is 4. The molecule has 0 aliphatic carbocycles. The Labute approximate surface area is 94.0 Å². The molecule has 0 aromatic carbocycles. The average Bonchev–Trinajstić information content (AvgIpc) is 2.62. The van der Waals surface area contributed by atoms with E-state index >= 15 is 0 Å². The van der Waals surface area contributed by atoms with Crippen molar-refractivity contribution in [3.63, 3.8) is 0 Å². The molecule has 0 bridgehead atoms. The summed E-state index contributed by atoms with van der Waals surface area (Å²) in [6.07, 6.45) is 0. The Hall–Kier alpha value is -1.34. The molecular formula is C8H9BrN2O4. The summed E-state index contributed by atoms with van der Waals surface area (Å²) in [6, 6.07) is 3.08. The Balaban J connectivity index is 2.40. The van der Waals surface area contributed by atoms with Crippen LogP contribution in [0.25, 0.3) is 0 Å². The van der Waals surface area contributed by atoms with Crippen molar-refractivity contribution in [2.45, 2.75) is 0 Å². The van der Waals surface area contributed by atoms with Crippen LogP contribution in [0, 0.1) is 0 Å². The normalized spacial score (nSPS) is 9.73. The molecule has 6 nitrogen and oxygen atoms in total. The lowest BCUT2D eigenvalue weighted by Gasteiger charge is -2.02. The molecule has 0 radical (unpaired) electrons. The monoisotopic (exact) mass is 276 g/mol. The van der Waals surface area contributed by atoms with Crippen LogP contribution in [0.5, 0.6) is 0 Å². The minimum Gasteiger partial charge on any atom is -0.444 e. The summed E-state index contributed by atoms with van der Waals surface area (Å²) >= 11 is 3.06. The molecule has 0 unspecified atom stereocenters. The van der Waals surface area contributed by atoms with E-state index in [0.717, 1.165) is 0 Å². The fourth-order valence-corrected chi connectivity index (χ4v) is 1.14. The van der Waals surface area contributed by atoms with Gasteiger partial charge < -0.3 is 9.73 Å². The SMILES string of the molecule is CONC(=O)CNC(=O)c1ccc(Br)o1. The van der Waals surface area contributed by atoms with E-state index in [-0.39, 0.29) is 12.3 Å². The van der Waals surface area contributed by atoms with Crippen LogP contribution in [-0.4, -0.2) is 25.5 Å². The summed E-state index contributed by atoms with van der Waals surface area (Å²) in [6.45, 7) is -0.176. The first-order chi connectivity index (χ1) is 7.13. The molecule has 15 heavy (non-hydrogen) atoms. The lowest BCUT2D eigenvalue weighted by molar-refractivity contribution is -0.130. The van der Waals surface area contributed by atoms with E-state index in [2.05, 4.69) is 31.6 Å². The van der Waals surface area contributed by atoms with Crippen molar-refractivity contribution >= 4 is 27.7 Å². The van der Waals surface area contributed by atoms with Gasteiger partial charge in [0.05, 0.1) is 13.7 Å². The summed E-state index contributed by atoms with van der Waals surface area (Å²) in [5.74, 6) is -0.782. The van der Waals surface area contributed by atoms with Crippen molar-refractivity contribution in [3.05, 3.63) is 22.6 Å². The van der Waals surface area contributed by atoms with Crippen molar-refractivity contribution in [3.8, 4) is 0 Å². The number of amides is 2. The second-order valence-corrected chi connectivity index (χ2v) is 3.30. The fourth-order valence-electron chi connectivity index (χ4n) is 0.834. The van der Waals surface area contributed by atoms with Crippen molar-refractivity contribution in [1.29, 1.82) is 0 Å². The molecule has 0 fully saturated rings. The van der Waals surface area contributed by atoms with E-state index in [4.69, 9.17) is 4.42 Å².